The third-order valence-electron chi connectivity index (χ3n) is 4.91. The molecule has 1 amide bonds. The maximum Gasteiger partial charge on any atom is 0.299 e. The van der Waals surface area contributed by atoms with Crippen molar-refractivity contribution in [2.24, 2.45) is 10.2 Å². The van der Waals surface area contributed by atoms with Crippen LogP contribution in [0.25, 0.3) is 27.5 Å². The molecule has 8 heteroatoms. The standard InChI is InChI=1S/C22H14N4O4/c27-12-9-10-15(18(28)11-12)21(29)25-24-19-14-6-2-4-8-17(14)26-20(19)23-16-7-3-1-5-13(16)22(26)30/h1-11,23,27-28H. The number of carbonyl (C=O) groups is 1. The van der Waals surface area contributed by atoms with Gasteiger partial charge in [0, 0.05) is 11.5 Å². The highest BCUT2D eigenvalue weighted by molar-refractivity contribution is 6.02. The zero-order chi connectivity index (χ0) is 20.8. The Morgan fingerprint density at radius 1 is 0.933 bits per heavy atom. The summed E-state index contributed by atoms with van der Waals surface area (Å²) in [5.74, 6) is -1.35. The Kier molecular flexibility index (Phi) is 3.85. The van der Waals surface area contributed by atoms with Crippen molar-refractivity contribution in [3.05, 3.63) is 82.6 Å². The zero-order valence-corrected chi connectivity index (χ0v) is 15.4. The van der Waals surface area contributed by atoms with E-state index in [2.05, 4.69) is 15.2 Å². The summed E-state index contributed by atoms with van der Waals surface area (Å²) in [6.45, 7) is 0. The first-order valence-corrected chi connectivity index (χ1v) is 9.07. The van der Waals surface area contributed by atoms with E-state index in [1.165, 1.54) is 16.5 Å². The molecular weight excluding hydrogens is 384 g/mol. The molecule has 8 nitrogen and oxygen atoms in total. The number of phenolic OH excluding ortho intramolecular Hbond substituents is 2. The number of para-hydroxylation sites is 2. The van der Waals surface area contributed by atoms with Crippen molar-refractivity contribution in [1.29, 1.82) is 0 Å². The number of nitrogens with one attached hydrogen (secondary N) is 1. The summed E-state index contributed by atoms with van der Waals surface area (Å²) >= 11 is 0. The van der Waals surface area contributed by atoms with Crippen LogP contribution in [-0.4, -0.2) is 25.5 Å². The zero-order valence-electron chi connectivity index (χ0n) is 15.4. The topological polar surface area (TPSA) is 120 Å². The Morgan fingerprint density at radius 2 is 1.67 bits per heavy atom. The van der Waals surface area contributed by atoms with Crippen LogP contribution in [0.5, 0.6) is 11.5 Å². The molecule has 0 unspecified atom stereocenters. The molecule has 0 atom stereocenters. The van der Waals surface area contributed by atoms with E-state index >= 15 is 0 Å². The molecule has 0 aliphatic rings. The lowest BCUT2D eigenvalue weighted by molar-refractivity contribution is 0.0992. The molecule has 5 rings (SSSR count). The van der Waals surface area contributed by atoms with Gasteiger partial charge in [0.1, 0.15) is 22.8 Å². The monoisotopic (exact) mass is 398 g/mol. The summed E-state index contributed by atoms with van der Waals surface area (Å²) in [7, 11) is 0. The van der Waals surface area contributed by atoms with Crippen LogP contribution in [0.2, 0.25) is 0 Å². The van der Waals surface area contributed by atoms with Gasteiger partial charge in [0.15, 0.2) is 0 Å². The number of rotatable bonds is 2. The number of hydrogen-bond donors (Lipinski definition) is 3. The van der Waals surface area contributed by atoms with Crippen LogP contribution in [0, 0.1) is 0 Å². The SMILES string of the molecule is O=C(N=Nc1c2ccccc2n2c(=O)c3ccccc3[nH]c12)c1ccc(O)cc1O. The minimum Gasteiger partial charge on any atom is -0.508 e. The number of nitrogens with zero attached hydrogens (tertiary/aromatic N) is 3. The summed E-state index contributed by atoms with van der Waals surface area (Å²) in [6.07, 6.45) is 0. The number of phenols is 2. The molecule has 146 valence electrons. The van der Waals surface area contributed by atoms with Crippen LogP contribution in [0.1, 0.15) is 10.4 Å². The van der Waals surface area contributed by atoms with Gasteiger partial charge in [-0.25, -0.2) is 0 Å². The lowest BCUT2D eigenvalue weighted by atomic mass is 10.2. The van der Waals surface area contributed by atoms with E-state index in [4.69, 9.17) is 0 Å². The first kappa shape index (κ1) is 17.6. The third-order valence-corrected chi connectivity index (χ3v) is 4.91. The minimum absolute atomic E-state index is 0.0942. The van der Waals surface area contributed by atoms with E-state index in [1.54, 1.807) is 36.4 Å². The van der Waals surface area contributed by atoms with Crippen molar-refractivity contribution in [1.82, 2.24) is 9.38 Å². The molecule has 0 spiro atoms. The molecule has 0 aliphatic heterocycles. The Balaban J connectivity index is 1.74. The van der Waals surface area contributed by atoms with E-state index in [9.17, 15) is 19.8 Å². The van der Waals surface area contributed by atoms with Crippen molar-refractivity contribution in [3.63, 3.8) is 0 Å². The molecule has 2 aromatic heterocycles. The van der Waals surface area contributed by atoms with Crippen molar-refractivity contribution in [2.75, 3.05) is 0 Å². The first-order valence-electron chi connectivity index (χ1n) is 9.07. The van der Waals surface area contributed by atoms with Crippen LogP contribution >= 0.6 is 0 Å². The fraction of sp³-hybridized carbons (Fsp3) is 0. The van der Waals surface area contributed by atoms with Gasteiger partial charge in [0.2, 0.25) is 0 Å². The first-order chi connectivity index (χ1) is 14.5. The number of H-pyrrole nitrogens is 1. The highest BCUT2D eigenvalue weighted by Crippen LogP contribution is 2.33. The van der Waals surface area contributed by atoms with Crippen molar-refractivity contribution >= 4 is 39.0 Å². The largest absolute Gasteiger partial charge is 0.508 e. The smallest absolute Gasteiger partial charge is 0.299 e. The van der Waals surface area contributed by atoms with Crippen molar-refractivity contribution in [2.45, 2.75) is 0 Å². The molecule has 0 radical (unpaired) electrons. The third kappa shape index (κ3) is 2.62. The summed E-state index contributed by atoms with van der Waals surface area (Å²) < 4.78 is 1.51. The van der Waals surface area contributed by atoms with Gasteiger partial charge in [0.05, 0.1) is 22.0 Å². The Labute approximate surface area is 168 Å². The number of amides is 1. The van der Waals surface area contributed by atoms with Crippen LogP contribution in [0.4, 0.5) is 5.69 Å². The van der Waals surface area contributed by atoms with Crippen molar-refractivity contribution in [3.8, 4) is 11.5 Å². The lowest BCUT2D eigenvalue weighted by Gasteiger charge is -2.02. The second-order valence-corrected chi connectivity index (χ2v) is 6.73. The van der Waals surface area contributed by atoms with Crippen LogP contribution in [-0.2, 0) is 0 Å². The van der Waals surface area contributed by atoms with E-state index in [0.717, 1.165) is 6.07 Å². The van der Waals surface area contributed by atoms with Crippen LogP contribution in [0.3, 0.4) is 0 Å². The molecular formula is C22H14N4O4. The number of benzene rings is 3. The van der Waals surface area contributed by atoms with Gasteiger partial charge in [-0.2, -0.15) is 0 Å². The molecule has 0 saturated carbocycles. The summed E-state index contributed by atoms with van der Waals surface area (Å²) in [5, 5.41) is 28.3. The Bertz CT molecular complexity index is 1560. The maximum atomic E-state index is 13.1. The van der Waals surface area contributed by atoms with Gasteiger partial charge < -0.3 is 15.2 Å². The molecule has 0 fully saturated rings. The Morgan fingerprint density at radius 3 is 2.47 bits per heavy atom. The highest BCUT2D eigenvalue weighted by Gasteiger charge is 2.17. The number of fused-ring (bicyclic) bond motifs is 4. The number of carbonyl (C=O) groups excluding carboxylic acids is 1. The molecule has 2 heterocycles. The second-order valence-electron chi connectivity index (χ2n) is 6.73. The molecule has 3 N–H and O–H groups in total. The van der Waals surface area contributed by atoms with Crippen LogP contribution < -0.4 is 5.56 Å². The molecule has 30 heavy (non-hydrogen) atoms. The minimum atomic E-state index is -0.779. The molecule has 3 aromatic carbocycles. The quantitative estimate of drug-likeness (QED) is 0.385. The highest BCUT2D eigenvalue weighted by atomic mass is 16.3. The number of hydrogen-bond acceptors (Lipinski definition) is 5. The number of aromatic hydroxyl groups is 2. The second kappa shape index (κ2) is 6.56. The summed E-state index contributed by atoms with van der Waals surface area (Å²) in [4.78, 5) is 28.7. The number of azo groups is 1. The van der Waals surface area contributed by atoms with Gasteiger partial charge in [0.25, 0.3) is 11.5 Å². The van der Waals surface area contributed by atoms with Gasteiger partial charge >= 0.3 is 0 Å². The summed E-state index contributed by atoms with van der Waals surface area (Å²) in [6, 6.07) is 17.9. The van der Waals surface area contributed by atoms with Crippen molar-refractivity contribution < 1.29 is 15.0 Å². The van der Waals surface area contributed by atoms with Gasteiger partial charge in [-0.15, -0.1) is 10.2 Å². The number of aromatic amines is 1. The molecule has 5 aromatic rings. The maximum absolute atomic E-state index is 13.1. The fourth-order valence-corrected chi connectivity index (χ4v) is 3.53. The normalized spacial score (nSPS) is 11.7. The molecule has 0 bridgehead atoms. The van der Waals surface area contributed by atoms with E-state index < -0.39 is 11.7 Å². The van der Waals surface area contributed by atoms with Gasteiger partial charge in [-0.05, 0) is 30.3 Å². The number of aromatic nitrogens is 2. The van der Waals surface area contributed by atoms with Crippen LogP contribution in [0.15, 0.2) is 81.8 Å². The van der Waals surface area contributed by atoms with Gasteiger partial charge in [-0.1, -0.05) is 30.3 Å². The molecule has 0 aliphatic carbocycles. The average molecular weight is 398 g/mol. The van der Waals surface area contributed by atoms with E-state index in [-0.39, 0.29) is 16.9 Å². The van der Waals surface area contributed by atoms with E-state index in [0.29, 0.717) is 33.1 Å². The predicted molar refractivity (Wildman–Crippen MR) is 112 cm³/mol. The average Bonchev–Trinajstić information content (AvgIpc) is 3.06. The summed E-state index contributed by atoms with van der Waals surface area (Å²) in [5.41, 5.74) is 1.71. The van der Waals surface area contributed by atoms with E-state index in [1.807, 2.05) is 12.1 Å². The molecule has 0 saturated heterocycles. The predicted octanol–water partition coefficient (Wildman–Crippen LogP) is 4.27. The Hall–Kier alpha value is -4.46. The lowest BCUT2D eigenvalue weighted by Crippen LogP contribution is -2.13. The fourth-order valence-electron chi connectivity index (χ4n) is 3.53. The van der Waals surface area contributed by atoms with Gasteiger partial charge in [-0.3, -0.25) is 14.0 Å².